The number of carbonyl (C=O) groups excluding carboxylic acids is 1. The maximum Gasteiger partial charge on any atom is 0.227 e. The maximum atomic E-state index is 12.3. The number of likely N-dealkylation sites (N-methyl/N-ethyl adjacent to an activating group) is 1. The van der Waals surface area contributed by atoms with Crippen LogP contribution >= 0.6 is 0 Å². The smallest absolute Gasteiger partial charge is 0.227 e. The second kappa shape index (κ2) is 5.68. The van der Waals surface area contributed by atoms with Crippen molar-refractivity contribution in [2.24, 2.45) is 0 Å². The van der Waals surface area contributed by atoms with Gasteiger partial charge in [0.15, 0.2) is 5.82 Å². The van der Waals surface area contributed by atoms with Crippen LogP contribution in [0.15, 0.2) is 28.8 Å². The Labute approximate surface area is 124 Å². The van der Waals surface area contributed by atoms with Crippen molar-refractivity contribution in [2.45, 2.75) is 38.6 Å². The summed E-state index contributed by atoms with van der Waals surface area (Å²) in [5, 5.41) is 3.73. The number of carbonyl (C=O) groups is 1. The number of aromatic nitrogens is 2. The highest BCUT2D eigenvalue weighted by atomic mass is 16.5. The number of amides is 1. The molecule has 0 saturated heterocycles. The summed E-state index contributed by atoms with van der Waals surface area (Å²) in [5.74, 6) is 1.27. The first kappa shape index (κ1) is 13.8. The quantitative estimate of drug-likeness (QED) is 0.861. The average molecular weight is 285 g/mol. The Bertz CT molecular complexity index is 625. The van der Waals surface area contributed by atoms with E-state index in [0.717, 1.165) is 12.8 Å². The standard InChI is InChI=1S/C16H19N3O2/c1-11-17-15(21-18-11)7-8-16(20)19(2)14-9-12-5-3-4-6-13(12)10-14/h3-6,14H,7-10H2,1-2H3. The molecule has 0 radical (unpaired) electrons. The van der Waals surface area contributed by atoms with Crippen LogP contribution in [-0.2, 0) is 24.1 Å². The Balaban J connectivity index is 1.56. The van der Waals surface area contributed by atoms with Crippen molar-refractivity contribution in [1.82, 2.24) is 15.0 Å². The highest BCUT2D eigenvalue weighted by Crippen LogP contribution is 2.25. The number of hydrogen-bond acceptors (Lipinski definition) is 4. The van der Waals surface area contributed by atoms with Gasteiger partial charge in [0, 0.05) is 25.9 Å². The van der Waals surface area contributed by atoms with E-state index in [1.165, 1.54) is 11.1 Å². The van der Waals surface area contributed by atoms with Gasteiger partial charge in [0.25, 0.3) is 0 Å². The first-order valence-corrected chi connectivity index (χ1v) is 7.25. The van der Waals surface area contributed by atoms with Gasteiger partial charge in [-0.3, -0.25) is 4.79 Å². The molecule has 2 aromatic rings. The van der Waals surface area contributed by atoms with Gasteiger partial charge < -0.3 is 9.42 Å². The normalized spacial score (nSPS) is 14.2. The summed E-state index contributed by atoms with van der Waals surface area (Å²) in [5.41, 5.74) is 2.71. The summed E-state index contributed by atoms with van der Waals surface area (Å²) < 4.78 is 5.04. The van der Waals surface area contributed by atoms with Crippen LogP contribution in [0.3, 0.4) is 0 Å². The number of nitrogens with zero attached hydrogens (tertiary/aromatic N) is 3. The molecule has 1 heterocycles. The average Bonchev–Trinajstić information content (AvgIpc) is 3.09. The number of hydrogen-bond donors (Lipinski definition) is 0. The maximum absolute atomic E-state index is 12.3. The molecule has 0 saturated carbocycles. The lowest BCUT2D eigenvalue weighted by molar-refractivity contribution is -0.131. The Morgan fingerprint density at radius 2 is 2.00 bits per heavy atom. The highest BCUT2D eigenvalue weighted by Gasteiger charge is 2.27. The number of benzene rings is 1. The molecule has 1 amide bonds. The number of rotatable bonds is 4. The predicted octanol–water partition coefficient (Wildman–Crippen LogP) is 1.94. The van der Waals surface area contributed by atoms with Crippen LogP contribution in [0, 0.1) is 6.92 Å². The molecule has 110 valence electrons. The van der Waals surface area contributed by atoms with Gasteiger partial charge in [-0.2, -0.15) is 4.98 Å². The van der Waals surface area contributed by atoms with E-state index < -0.39 is 0 Å². The number of fused-ring (bicyclic) bond motifs is 1. The molecule has 0 unspecified atom stereocenters. The molecule has 0 N–H and O–H groups in total. The predicted molar refractivity (Wildman–Crippen MR) is 77.8 cm³/mol. The molecule has 1 aliphatic rings. The molecule has 5 nitrogen and oxygen atoms in total. The van der Waals surface area contributed by atoms with Crippen LogP contribution in [0.5, 0.6) is 0 Å². The summed E-state index contributed by atoms with van der Waals surface area (Å²) in [6.07, 6.45) is 2.80. The molecule has 0 atom stereocenters. The fraction of sp³-hybridized carbons (Fsp3) is 0.438. The van der Waals surface area contributed by atoms with E-state index in [-0.39, 0.29) is 11.9 Å². The molecule has 1 aromatic carbocycles. The van der Waals surface area contributed by atoms with Gasteiger partial charge in [0.2, 0.25) is 11.8 Å². The lowest BCUT2D eigenvalue weighted by atomic mass is 10.1. The molecule has 5 heteroatoms. The van der Waals surface area contributed by atoms with Gasteiger partial charge in [-0.05, 0) is 30.9 Å². The molecule has 1 aliphatic carbocycles. The zero-order valence-electron chi connectivity index (χ0n) is 12.4. The third kappa shape index (κ3) is 2.96. The van der Waals surface area contributed by atoms with E-state index in [1.54, 1.807) is 6.92 Å². The fourth-order valence-corrected chi connectivity index (χ4v) is 2.84. The van der Waals surface area contributed by atoms with Gasteiger partial charge in [0.1, 0.15) is 0 Å². The zero-order chi connectivity index (χ0) is 14.8. The van der Waals surface area contributed by atoms with E-state index in [0.29, 0.717) is 24.6 Å². The van der Waals surface area contributed by atoms with E-state index in [2.05, 4.69) is 34.4 Å². The SMILES string of the molecule is Cc1noc(CCC(=O)N(C)C2Cc3ccccc3C2)n1. The molecule has 0 spiro atoms. The van der Waals surface area contributed by atoms with Crippen molar-refractivity contribution in [3.8, 4) is 0 Å². The highest BCUT2D eigenvalue weighted by molar-refractivity contribution is 5.76. The summed E-state index contributed by atoms with van der Waals surface area (Å²) in [7, 11) is 1.89. The number of aryl methyl sites for hydroxylation is 2. The van der Waals surface area contributed by atoms with Gasteiger partial charge >= 0.3 is 0 Å². The topological polar surface area (TPSA) is 59.2 Å². The van der Waals surface area contributed by atoms with Gasteiger partial charge in [0.05, 0.1) is 0 Å². The summed E-state index contributed by atoms with van der Waals surface area (Å²) in [6, 6.07) is 8.67. The zero-order valence-corrected chi connectivity index (χ0v) is 12.4. The van der Waals surface area contributed by atoms with Gasteiger partial charge in [-0.1, -0.05) is 29.4 Å². The monoisotopic (exact) mass is 285 g/mol. The van der Waals surface area contributed by atoms with E-state index in [4.69, 9.17) is 4.52 Å². The minimum absolute atomic E-state index is 0.128. The summed E-state index contributed by atoms with van der Waals surface area (Å²) in [4.78, 5) is 18.3. The summed E-state index contributed by atoms with van der Waals surface area (Å²) >= 11 is 0. The van der Waals surface area contributed by atoms with E-state index in [9.17, 15) is 4.79 Å². The Morgan fingerprint density at radius 1 is 1.33 bits per heavy atom. The molecule has 21 heavy (non-hydrogen) atoms. The van der Waals surface area contributed by atoms with Crippen molar-refractivity contribution in [1.29, 1.82) is 0 Å². The molecule has 0 aliphatic heterocycles. The Hall–Kier alpha value is -2.17. The minimum atomic E-state index is 0.128. The molecule has 3 rings (SSSR count). The largest absolute Gasteiger partial charge is 0.342 e. The summed E-state index contributed by atoms with van der Waals surface area (Å²) in [6.45, 7) is 1.77. The molecule has 1 aromatic heterocycles. The lowest BCUT2D eigenvalue weighted by Crippen LogP contribution is -2.37. The van der Waals surface area contributed by atoms with Crippen LogP contribution in [0.1, 0.15) is 29.3 Å². The van der Waals surface area contributed by atoms with Gasteiger partial charge in [-0.15, -0.1) is 0 Å². The first-order valence-electron chi connectivity index (χ1n) is 7.25. The van der Waals surface area contributed by atoms with Crippen molar-refractivity contribution in [3.05, 3.63) is 47.1 Å². The fourth-order valence-electron chi connectivity index (χ4n) is 2.84. The molecule has 0 fully saturated rings. The second-order valence-electron chi connectivity index (χ2n) is 5.57. The molecule has 0 bridgehead atoms. The van der Waals surface area contributed by atoms with E-state index in [1.807, 2.05) is 11.9 Å². The third-order valence-corrected chi connectivity index (χ3v) is 4.09. The van der Waals surface area contributed by atoms with Crippen LogP contribution in [0.4, 0.5) is 0 Å². The van der Waals surface area contributed by atoms with Crippen molar-refractivity contribution >= 4 is 5.91 Å². The minimum Gasteiger partial charge on any atom is -0.342 e. The van der Waals surface area contributed by atoms with E-state index >= 15 is 0 Å². The van der Waals surface area contributed by atoms with Crippen LogP contribution < -0.4 is 0 Å². The third-order valence-electron chi connectivity index (χ3n) is 4.09. The van der Waals surface area contributed by atoms with Crippen LogP contribution in [0.2, 0.25) is 0 Å². The molecular weight excluding hydrogens is 266 g/mol. The van der Waals surface area contributed by atoms with Crippen LogP contribution in [-0.4, -0.2) is 34.0 Å². The van der Waals surface area contributed by atoms with Gasteiger partial charge in [-0.25, -0.2) is 0 Å². The van der Waals surface area contributed by atoms with Crippen molar-refractivity contribution in [2.75, 3.05) is 7.05 Å². The molecular formula is C16H19N3O2. The Kier molecular flexibility index (Phi) is 3.73. The van der Waals surface area contributed by atoms with Crippen molar-refractivity contribution < 1.29 is 9.32 Å². The Morgan fingerprint density at radius 3 is 2.57 bits per heavy atom. The van der Waals surface area contributed by atoms with Crippen LogP contribution in [0.25, 0.3) is 0 Å². The second-order valence-corrected chi connectivity index (χ2v) is 5.57. The first-order chi connectivity index (χ1) is 10.1. The lowest BCUT2D eigenvalue weighted by Gasteiger charge is -2.24. The van der Waals surface area contributed by atoms with Crippen molar-refractivity contribution in [3.63, 3.8) is 0 Å².